The van der Waals surface area contributed by atoms with Gasteiger partial charge in [0.15, 0.2) is 8.32 Å². The fourth-order valence-electron chi connectivity index (χ4n) is 2.56. The van der Waals surface area contributed by atoms with Gasteiger partial charge in [-0.3, -0.25) is 0 Å². The lowest BCUT2D eigenvalue weighted by Gasteiger charge is -2.45. The van der Waals surface area contributed by atoms with Crippen LogP contribution in [0.3, 0.4) is 0 Å². The van der Waals surface area contributed by atoms with Crippen molar-refractivity contribution in [2.45, 2.75) is 104 Å². The molecule has 0 aromatic rings. The number of ether oxygens (including phenoxy) is 2. The number of hydrogen-bond donors (Lipinski definition) is 0. The lowest BCUT2D eigenvalue weighted by molar-refractivity contribution is -0.130. The summed E-state index contributed by atoms with van der Waals surface area (Å²) in [6.45, 7) is 25.4. The molecule has 0 aliphatic carbocycles. The Labute approximate surface area is 176 Å². The Kier molecular flexibility index (Phi) is 11.1. The smallest absolute Gasteiger partial charge is 0.192 e. The Morgan fingerprint density at radius 3 is 2.00 bits per heavy atom. The van der Waals surface area contributed by atoms with Crippen molar-refractivity contribution >= 4 is 22.7 Å². The van der Waals surface area contributed by atoms with Crippen molar-refractivity contribution in [1.29, 1.82) is 0 Å². The fraction of sp³-hybridized carbons (Fsp3) is 0.864. The summed E-state index contributed by atoms with van der Waals surface area (Å²) in [7, 11) is -3.12. The van der Waals surface area contributed by atoms with Gasteiger partial charge in [0, 0.05) is 26.5 Å². The van der Waals surface area contributed by atoms with Crippen LogP contribution in [0.1, 0.15) is 48.0 Å². The third kappa shape index (κ3) is 9.48. The normalized spacial score (nSPS) is 16.4. The lowest BCUT2D eigenvalue weighted by Crippen LogP contribution is -2.51. The number of allylic oxidation sites excluding steroid dienone is 1. The van der Waals surface area contributed by atoms with Crippen molar-refractivity contribution in [3.05, 3.63) is 12.2 Å². The van der Waals surface area contributed by atoms with Gasteiger partial charge in [-0.1, -0.05) is 66.4 Å². The summed E-state index contributed by atoms with van der Waals surface area (Å²) < 4.78 is 18.5. The van der Waals surface area contributed by atoms with Crippen molar-refractivity contribution < 1.29 is 18.7 Å². The maximum absolute atomic E-state index is 11.4. The monoisotopic (exact) mass is 430 g/mol. The van der Waals surface area contributed by atoms with Gasteiger partial charge in [-0.05, 0) is 31.1 Å². The number of rotatable bonds is 13. The maximum atomic E-state index is 11.4. The lowest BCUT2D eigenvalue weighted by atomic mass is 9.79. The van der Waals surface area contributed by atoms with E-state index in [1.165, 1.54) is 0 Å². The molecule has 0 saturated heterocycles. The maximum Gasteiger partial charge on any atom is 0.192 e. The van der Waals surface area contributed by atoms with Gasteiger partial charge in [0.2, 0.25) is 0 Å². The van der Waals surface area contributed by atoms with E-state index in [4.69, 9.17) is 13.9 Å². The average Bonchev–Trinajstić information content (AvgIpc) is 2.50. The van der Waals surface area contributed by atoms with E-state index >= 15 is 0 Å². The Balaban J connectivity index is 5.23. The van der Waals surface area contributed by atoms with Gasteiger partial charge in [0.1, 0.15) is 13.1 Å². The first kappa shape index (κ1) is 27.7. The second kappa shape index (κ2) is 11.2. The van der Waals surface area contributed by atoms with Gasteiger partial charge in [-0.25, -0.2) is 0 Å². The minimum atomic E-state index is -2.01. The van der Waals surface area contributed by atoms with Crippen LogP contribution in [0.15, 0.2) is 12.2 Å². The largest absolute Gasteiger partial charge is 0.413 e. The van der Waals surface area contributed by atoms with E-state index in [0.717, 1.165) is 18.9 Å². The zero-order valence-electron chi connectivity index (χ0n) is 20.3. The predicted molar refractivity (Wildman–Crippen MR) is 125 cm³/mol. The standard InChI is InChI=1S/C22H46O4Si2/c1-12-13-19(25-18-24-16-17-27(7,8)9)22(5,6)20(14-15-23)26-28(10,11)21(2,3)4/h12-13,15,19-20H,14,16-18H2,1-11H3/b13-12+/t19-,20-/m0/s1. The number of hydrogen-bond acceptors (Lipinski definition) is 4. The van der Waals surface area contributed by atoms with Crippen LogP contribution >= 0.6 is 0 Å². The Morgan fingerprint density at radius 1 is 1.00 bits per heavy atom. The fourth-order valence-corrected chi connectivity index (χ4v) is 4.78. The van der Waals surface area contributed by atoms with Crippen LogP contribution in [0.4, 0.5) is 0 Å². The molecule has 0 rings (SSSR count). The second-order valence-corrected chi connectivity index (χ2v) is 21.4. The molecule has 4 nitrogen and oxygen atoms in total. The van der Waals surface area contributed by atoms with Gasteiger partial charge in [0.25, 0.3) is 0 Å². The molecule has 0 spiro atoms. The van der Waals surface area contributed by atoms with Crippen LogP contribution in [0.2, 0.25) is 43.8 Å². The average molecular weight is 431 g/mol. The molecule has 0 aliphatic rings. The highest BCUT2D eigenvalue weighted by Crippen LogP contribution is 2.41. The summed E-state index contributed by atoms with van der Waals surface area (Å²) in [4.78, 5) is 11.4. The van der Waals surface area contributed by atoms with Crippen molar-refractivity contribution in [3.63, 3.8) is 0 Å². The van der Waals surface area contributed by atoms with Crippen molar-refractivity contribution in [3.8, 4) is 0 Å². The molecule has 0 radical (unpaired) electrons. The zero-order chi connectivity index (χ0) is 22.2. The number of carbonyl (C=O) groups excluding carboxylic acids is 1. The minimum absolute atomic E-state index is 0.0844. The molecular weight excluding hydrogens is 384 g/mol. The molecule has 0 heterocycles. The first-order chi connectivity index (χ1) is 12.6. The van der Waals surface area contributed by atoms with Crippen molar-refractivity contribution in [2.75, 3.05) is 13.4 Å². The molecule has 0 aliphatic heterocycles. The van der Waals surface area contributed by atoms with Gasteiger partial charge in [-0.2, -0.15) is 0 Å². The molecule has 0 aromatic carbocycles. The highest BCUT2D eigenvalue weighted by molar-refractivity contribution is 6.76. The van der Waals surface area contributed by atoms with E-state index in [2.05, 4.69) is 73.4 Å². The number of aldehydes is 1. The van der Waals surface area contributed by atoms with E-state index in [1.54, 1.807) is 0 Å². The van der Waals surface area contributed by atoms with Crippen LogP contribution < -0.4 is 0 Å². The van der Waals surface area contributed by atoms with Crippen LogP contribution in [0.25, 0.3) is 0 Å². The summed E-state index contributed by atoms with van der Waals surface area (Å²) >= 11 is 0. The molecule has 0 unspecified atom stereocenters. The summed E-state index contributed by atoms with van der Waals surface area (Å²) in [6.07, 6.45) is 5.01. The molecule has 0 fully saturated rings. The Bertz CT molecular complexity index is 488. The summed E-state index contributed by atoms with van der Waals surface area (Å²) in [5.74, 6) is 0. The van der Waals surface area contributed by atoms with E-state index < -0.39 is 16.4 Å². The molecule has 0 aromatic heterocycles. The first-order valence-electron chi connectivity index (χ1n) is 10.5. The van der Waals surface area contributed by atoms with Gasteiger partial charge >= 0.3 is 0 Å². The minimum Gasteiger partial charge on any atom is -0.413 e. The zero-order valence-corrected chi connectivity index (χ0v) is 22.3. The van der Waals surface area contributed by atoms with Crippen molar-refractivity contribution in [2.24, 2.45) is 5.41 Å². The highest BCUT2D eigenvalue weighted by atomic mass is 28.4. The summed E-state index contributed by atoms with van der Waals surface area (Å²) in [5, 5.41) is 0.0844. The third-order valence-corrected chi connectivity index (χ3v) is 12.0. The third-order valence-electron chi connectivity index (χ3n) is 5.81. The molecule has 0 saturated carbocycles. The summed E-state index contributed by atoms with van der Waals surface area (Å²) in [6, 6.07) is 1.12. The van der Waals surface area contributed by atoms with E-state index in [1.807, 2.05) is 13.0 Å². The summed E-state index contributed by atoms with van der Waals surface area (Å²) in [5.41, 5.74) is -0.356. The number of carbonyl (C=O) groups is 1. The molecule has 0 N–H and O–H groups in total. The van der Waals surface area contributed by atoms with Crippen LogP contribution in [-0.2, 0) is 18.7 Å². The topological polar surface area (TPSA) is 44.8 Å². The predicted octanol–water partition coefficient (Wildman–Crippen LogP) is 6.27. The molecular formula is C22H46O4Si2. The van der Waals surface area contributed by atoms with E-state index in [0.29, 0.717) is 6.42 Å². The molecule has 0 amide bonds. The second-order valence-electron chi connectivity index (χ2n) is 11.0. The SMILES string of the molecule is C/C=C/[C@H](OCOCC[Si](C)(C)C)C(C)(C)[C@H](CC=O)O[Si](C)(C)C(C)(C)C. The first-order valence-corrected chi connectivity index (χ1v) is 17.1. The van der Waals surface area contributed by atoms with E-state index in [9.17, 15) is 4.79 Å². The van der Waals surface area contributed by atoms with Crippen LogP contribution in [0, 0.1) is 5.41 Å². The van der Waals surface area contributed by atoms with Gasteiger partial charge in [0.05, 0.1) is 12.2 Å². The van der Waals surface area contributed by atoms with Crippen LogP contribution in [0.5, 0.6) is 0 Å². The van der Waals surface area contributed by atoms with E-state index in [-0.39, 0.29) is 29.5 Å². The molecule has 6 heteroatoms. The van der Waals surface area contributed by atoms with Gasteiger partial charge in [-0.15, -0.1) is 0 Å². The highest BCUT2D eigenvalue weighted by Gasteiger charge is 2.45. The van der Waals surface area contributed by atoms with Gasteiger partial charge < -0.3 is 18.7 Å². The Morgan fingerprint density at radius 2 is 1.57 bits per heavy atom. The molecule has 2 atom stereocenters. The van der Waals surface area contributed by atoms with Crippen molar-refractivity contribution in [1.82, 2.24) is 0 Å². The molecule has 166 valence electrons. The molecule has 0 bridgehead atoms. The van der Waals surface area contributed by atoms with Crippen LogP contribution in [-0.4, -0.2) is 48.3 Å². The quantitative estimate of drug-likeness (QED) is 0.114. The molecule has 28 heavy (non-hydrogen) atoms. The Hall–Kier alpha value is -0.276.